The highest BCUT2D eigenvalue weighted by molar-refractivity contribution is 5.98. The van der Waals surface area contributed by atoms with E-state index in [0.29, 0.717) is 17.8 Å². The highest BCUT2D eigenvalue weighted by atomic mass is 16.2. The molecule has 0 fully saturated rings. The lowest BCUT2D eigenvalue weighted by molar-refractivity contribution is -0.119. The Balaban J connectivity index is 1.92. The molecule has 0 unspecified atom stereocenters. The lowest BCUT2D eigenvalue weighted by Crippen LogP contribution is -2.38. The number of rotatable bonds is 10. The average Bonchev–Trinajstić information content (AvgIpc) is 3.19. The van der Waals surface area contributed by atoms with Gasteiger partial charge in [-0.2, -0.15) is 14.9 Å². The second kappa shape index (κ2) is 9.64. The molecule has 0 spiro atoms. The first-order chi connectivity index (χ1) is 15.2. The molecule has 32 heavy (non-hydrogen) atoms. The molecule has 3 rings (SSSR count). The van der Waals surface area contributed by atoms with Crippen molar-refractivity contribution in [1.82, 2.24) is 19.9 Å². The summed E-state index contributed by atoms with van der Waals surface area (Å²) >= 11 is 0. The molecule has 168 valence electrons. The van der Waals surface area contributed by atoms with Crippen molar-refractivity contribution in [3.8, 4) is 0 Å². The third-order valence-corrected chi connectivity index (χ3v) is 4.40. The zero-order valence-corrected chi connectivity index (χ0v) is 17.6. The van der Waals surface area contributed by atoms with Gasteiger partial charge in [-0.1, -0.05) is 19.9 Å². The maximum atomic E-state index is 12.5. The number of nitrogens with zero attached hydrogens (tertiary/aromatic N) is 3. The number of H-pyrrole nitrogens is 1. The van der Waals surface area contributed by atoms with Gasteiger partial charge in [0.05, 0.1) is 11.9 Å². The van der Waals surface area contributed by atoms with Gasteiger partial charge in [-0.05, 0) is 36.6 Å². The average molecular weight is 439 g/mol. The molecule has 8 N–H and O–H groups in total. The molecule has 1 atom stereocenters. The second-order valence-electron chi connectivity index (χ2n) is 7.50. The summed E-state index contributed by atoms with van der Waals surface area (Å²) in [4.78, 5) is 44.4. The normalized spacial score (nSPS) is 11.7. The fourth-order valence-electron chi connectivity index (χ4n) is 3.01. The van der Waals surface area contributed by atoms with Crippen LogP contribution in [-0.2, 0) is 4.79 Å². The monoisotopic (exact) mass is 439 g/mol. The Bertz CT molecular complexity index is 1160. The van der Waals surface area contributed by atoms with Crippen LogP contribution in [-0.4, -0.2) is 37.7 Å². The number of hydrogen-bond donors (Lipinski definition) is 6. The van der Waals surface area contributed by atoms with E-state index in [1.54, 1.807) is 36.7 Å². The van der Waals surface area contributed by atoms with Crippen LogP contribution in [0.2, 0.25) is 0 Å². The van der Waals surface area contributed by atoms with Gasteiger partial charge in [0.15, 0.2) is 5.82 Å². The Hall–Kier alpha value is -4.35. The molecule has 0 radical (unpaired) electrons. The van der Waals surface area contributed by atoms with Gasteiger partial charge >= 0.3 is 0 Å². The minimum atomic E-state index is -0.952. The van der Waals surface area contributed by atoms with Crippen LogP contribution in [0, 0.1) is 5.92 Å². The van der Waals surface area contributed by atoms with Crippen LogP contribution in [0.15, 0.2) is 47.5 Å². The number of aromatic nitrogens is 4. The van der Waals surface area contributed by atoms with Crippen LogP contribution in [0.5, 0.6) is 0 Å². The van der Waals surface area contributed by atoms with Crippen LogP contribution in [0.25, 0.3) is 0 Å². The van der Waals surface area contributed by atoms with E-state index in [9.17, 15) is 14.4 Å². The first kappa shape index (κ1) is 22.3. The minimum Gasteiger partial charge on any atom is -0.368 e. The lowest BCUT2D eigenvalue weighted by atomic mass is 10.0. The lowest BCUT2D eigenvalue weighted by Gasteiger charge is -2.18. The highest BCUT2D eigenvalue weighted by Gasteiger charge is 2.21. The van der Waals surface area contributed by atoms with E-state index in [0.717, 1.165) is 0 Å². The van der Waals surface area contributed by atoms with E-state index in [1.807, 2.05) is 19.9 Å². The summed E-state index contributed by atoms with van der Waals surface area (Å²) < 4.78 is 0. The van der Waals surface area contributed by atoms with Crippen molar-refractivity contribution in [2.24, 2.45) is 17.4 Å². The zero-order chi connectivity index (χ0) is 23.3. The Labute approximate surface area is 183 Å². The Morgan fingerprint density at radius 1 is 1.19 bits per heavy atom. The molecule has 0 aliphatic carbocycles. The Morgan fingerprint density at radius 3 is 2.56 bits per heavy atom. The van der Waals surface area contributed by atoms with E-state index < -0.39 is 23.4 Å². The summed E-state index contributed by atoms with van der Waals surface area (Å²) in [6.07, 6.45) is 3.79. The molecular formula is C20H25N9O3. The number of nitrogens with one attached hydrogen (secondary N) is 4. The predicted molar refractivity (Wildman–Crippen MR) is 120 cm³/mol. The van der Waals surface area contributed by atoms with E-state index in [1.165, 1.54) is 4.79 Å². The van der Waals surface area contributed by atoms with E-state index >= 15 is 0 Å². The molecule has 0 aliphatic rings. The summed E-state index contributed by atoms with van der Waals surface area (Å²) in [5, 5.41) is 9.84. The molecule has 2 aromatic heterocycles. The largest absolute Gasteiger partial charge is 0.368 e. The zero-order valence-electron chi connectivity index (χ0n) is 17.6. The van der Waals surface area contributed by atoms with Crippen molar-refractivity contribution in [1.29, 1.82) is 0 Å². The Kier molecular flexibility index (Phi) is 6.73. The number of anilines is 4. The van der Waals surface area contributed by atoms with Gasteiger partial charge in [-0.25, -0.2) is 0 Å². The molecular weight excluding hydrogens is 414 g/mol. The third-order valence-electron chi connectivity index (χ3n) is 4.40. The van der Waals surface area contributed by atoms with Crippen LogP contribution >= 0.6 is 0 Å². The fourth-order valence-corrected chi connectivity index (χ4v) is 3.01. The third kappa shape index (κ3) is 5.62. The maximum absolute atomic E-state index is 12.5. The molecule has 0 aliphatic heterocycles. The standard InChI is InChI=1S/C20H25N9O3/c1-11(2)9-14(16(21)30)25-20-26-18(15(17(22)31)19(32)27-20)24-12-5-3-6-13(10-12)28-29-8-4-7-23-29/h3-8,10-11,14,28H,9H2,1-2H3,(H2,21,30)(H2,22,31)(H3,24,25,26,27,32)/t14-/m1/s1. The molecule has 3 aromatic rings. The van der Waals surface area contributed by atoms with Gasteiger partial charge in [0.2, 0.25) is 11.9 Å². The number of benzene rings is 1. The Morgan fingerprint density at radius 2 is 1.94 bits per heavy atom. The second-order valence-corrected chi connectivity index (χ2v) is 7.50. The van der Waals surface area contributed by atoms with E-state index in [-0.39, 0.29) is 23.2 Å². The molecule has 12 heteroatoms. The predicted octanol–water partition coefficient (Wildman–Crippen LogP) is 0.996. The van der Waals surface area contributed by atoms with Gasteiger partial charge in [0.25, 0.3) is 11.5 Å². The number of aromatic amines is 1. The SMILES string of the molecule is CC(C)C[C@@H](Nc1nc(Nc2cccc(Nn3cccn3)c2)c(C(N)=O)c(=O)[nH]1)C(N)=O. The molecule has 0 saturated heterocycles. The number of primary amides is 2. The maximum Gasteiger partial charge on any atom is 0.267 e. The number of carbonyl (C=O) groups is 2. The first-order valence-electron chi connectivity index (χ1n) is 9.86. The van der Waals surface area contributed by atoms with Gasteiger partial charge in [-0.3, -0.25) is 24.8 Å². The highest BCUT2D eigenvalue weighted by Crippen LogP contribution is 2.21. The fraction of sp³-hybridized carbons (Fsp3) is 0.250. The van der Waals surface area contributed by atoms with E-state index in [4.69, 9.17) is 11.5 Å². The summed E-state index contributed by atoms with van der Waals surface area (Å²) in [6.45, 7) is 3.86. The smallest absolute Gasteiger partial charge is 0.267 e. The number of carbonyl (C=O) groups excluding carboxylic acids is 2. The molecule has 0 saturated carbocycles. The van der Waals surface area contributed by atoms with Gasteiger partial charge in [0.1, 0.15) is 11.6 Å². The quantitative estimate of drug-likeness (QED) is 0.270. The van der Waals surface area contributed by atoms with Gasteiger partial charge in [0, 0.05) is 11.9 Å². The van der Waals surface area contributed by atoms with Crippen molar-refractivity contribution >= 4 is 35.0 Å². The first-order valence-corrected chi connectivity index (χ1v) is 9.86. The molecule has 0 bridgehead atoms. The number of nitrogens with two attached hydrogens (primary N) is 2. The summed E-state index contributed by atoms with van der Waals surface area (Å²) in [6, 6.07) is 8.03. The van der Waals surface area contributed by atoms with Crippen LogP contribution < -0.4 is 33.1 Å². The van der Waals surface area contributed by atoms with Crippen LogP contribution in [0.3, 0.4) is 0 Å². The molecule has 12 nitrogen and oxygen atoms in total. The summed E-state index contributed by atoms with van der Waals surface area (Å²) in [5.41, 5.74) is 14.0. The summed E-state index contributed by atoms with van der Waals surface area (Å²) in [7, 11) is 0. The molecule has 1 aromatic carbocycles. The van der Waals surface area contributed by atoms with Crippen molar-refractivity contribution in [2.45, 2.75) is 26.3 Å². The topological polar surface area (TPSA) is 186 Å². The van der Waals surface area contributed by atoms with Crippen molar-refractivity contribution in [3.05, 3.63) is 58.6 Å². The van der Waals surface area contributed by atoms with Crippen molar-refractivity contribution in [3.63, 3.8) is 0 Å². The number of hydrogen-bond acceptors (Lipinski definition) is 8. The van der Waals surface area contributed by atoms with Crippen LogP contribution in [0.4, 0.5) is 23.1 Å². The van der Waals surface area contributed by atoms with E-state index in [2.05, 4.69) is 31.1 Å². The molecule has 2 amide bonds. The van der Waals surface area contributed by atoms with Crippen molar-refractivity contribution < 1.29 is 9.59 Å². The van der Waals surface area contributed by atoms with Crippen LogP contribution in [0.1, 0.15) is 30.6 Å². The van der Waals surface area contributed by atoms with Gasteiger partial charge < -0.3 is 22.1 Å². The minimum absolute atomic E-state index is 0.0160. The molecule has 2 heterocycles. The van der Waals surface area contributed by atoms with Crippen molar-refractivity contribution in [2.75, 3.05) is 16.1 Å². The van der Waals surface area contributed by atoms with Gasteiger partial charge in [-0.15, -0.1) is 0 Å². The summed E-state index contributed by atoms with van der Waals surface area (Å²) in [5.74, 6) is -1.45. The number of amides is 2.